The number of hydrogen-bond donors (Lipinski definition) is 0. The van der Waals surface area contributed by atoms with Crippen molar-refractivity contribution in [2.45, 2.75) is 50.8 Å². The van der Waals surface area contributed by atoms with Gasteiger partial charge in [-0.15, -0.1) is 0 Å². The van der Waals surface area contributed by atoms with Crippen LogP contribution >= 0.6 is 0 Å². The molecule has 22 heavy (non-hydrogen) atoms. The van der Waals surface area contributed by atoms with Crippen LogP contribution in [0.5, 0.6) is 0 Å². The van der Waals surface area contributed by atoms with E-state index < -0.39 is 0 Å². The molecule has 0 aromatic heterocycles. The summed E-state index contributed by atoms with van der Waals surface area (Å²) in [6.07, 6.45) is 5.15. The molecule has 1 amide bonds. The smallest absolute Gasteiger partial charge is 0.223 e. The molecular weight excluding hydrogens is 278 g/mol. The van der Waals surface area contributed by atoms with Gasteiger partial charge in [-0.1, -0.05) is 30.3 Å². The van der Waals surface area contributed by atoms with E-state index >= 15 is 0 Å². The molecule has 4 heteroatoms. The number of nitrogens with zero attached hydrogens (tertiary/aromatic N) is 1. The fourth-order valence-corrected chi connectivity index (χ4v) is 3.66. The molecule has 2 unspecified atom stereocenters. The third kappa shape index (κ3) is 3.38. The van der Waals surface area contributed by atoms with Gasteiger partial charge in [-0.3, -0.25) is 4.79 Å². The van der Waals surface area contributed by atoms with Crippen LogP contribution < -0.4 is 0 Å². The maximum atomic E-state index is 12.4. The minimum Gasteiger partial charge on any atom is -0.375 e. The van der Waals surface area contributed by atoms with Crippen molar-refractivity contribution >= 4 is 12.2 Å². The fourth-order valence-electron chi connectivity index (χ4n) is 3.66. The molecule has 0 saturated carbocycles. The first kappa shape index (κ1) is 15.2. The summed E-state index contributed by atoms with van der Waals surface area (Å²) in [6.45, 7) is 1.17. The zero-order chi connectivity index (χ0) is 15.4. The van der Waals surface area contributed by atoms with Crippen LogP contribution in [0, 0.1) is 5.92 Å². The second-order valence-electron chi connectivity index (χ2n) is 6.36. The molecule has 3 atom stereocenters. The molecule has 3 rings (SSSR count). The van der Waals surface area contributed by atoms with E-state index in [-0.39, 0.29) is 17.9 Å². The van der Waals surface area contributed by atoms with Gasteiger partial charge in [-0.05, 0) is 31.2 Å². The van der Waals surface area contributed by atoms with E-state index in [4.69, 9.17) is 4.74 Å². The summed E-state index contributed by atoms with van der Waals surface area (Å²) >= 11 is 0. The minimum absolute atomic E-state index is 0.0935. The van der Waals surface area contributed by atoms with Crippen molar-refractivity contribution in [1.29, 1.82) is 0 Å². The van der Waals surface area contributed by atoms with E-state index in [1.807, 2.05) is 35.2 Å². The average molecular weight is 301 g/mol. The molecule has 2 saturated heterocycles. The quantitative estimate of drug-likeness (QED) is 0.785. The summed E-state index contributed by atoms with van der Waals surface area (Å²) in [5.41, 5.74) is 1.15. The number of benzene rings is 1. The van der Waals surface area contributed by atoms with Crippen molar-refractivity contribution in [2.75, 3.05) is 6.61 Å². The van der Waals surface area contributed by atoms with Gasteiger partial charge in [0.2, 0.25) is 5.91 Å². The van der Waals surface area contributed by atoms with Gasteiger partial charge in [-0.25, -0.2) is 0 Å². The lowest BCUT2D eigenvalue weighted by Crippen LogP contribution is -2.42. The van der Waals surface area contributed by atoms with Gasteiger partial charge in [-0.2, -0.15) is 0 Å². The Labute approximate surface area is 131 Å². The summed E-state index contributed by atoms with van der Waals surface area (Å²) in [7, 11) is 0. The Morgan fingerprint density at radius 3 is 2.68 bits per heavy atom. The Balaban J connectivity index is 1.56. The Morgan fingerprint density at radius 2 is 1.91 bits per heavy atom. The Bertz CT molecular complexity index is 516. The molecule has 0 N–H and O–H groups in total. The van der Waals surface area contributed by atoms with Gasteiger partial charge in [0.25, 0.3) is 0 Å². The fraction of sp³-hybridized carbons (Fsp3) is 0.556. The van der Waals surface area contributed by atoms with E-state index in [1.165, 1.54) is 0 Å². The first-order valence-electron chi connectivity index (χ1n) is 8.16. The largest absolute Gasteiger partial charge is 0.375 e. The summed E-state index contributed by atoms with van der Waals surface area (Å²) in [6, 6.07) is 10.6. The number of fused-ring (bicyclic) bond motifs is 1. The third-order valence-electron chi connectivity index (χ3n) is 4.83. The van der Waals surface area contributed by atoms with Gasteiger partial charge in [0, 0.05) is 18.4 Å². The average Bonchev–Trinajstić information content (AvgIpc) is 2.87. The molecule has 1 aromatic carbocycles. The standard InChI is InChI=1S/C18H23NO3/c20-11-15-6-7-16-8-9-17(19(16)18(21)10-15)13-22-12-14-4-2-1-3-5-14/h1-5,11,15-17H,6-10,12-13H2/t15?,16?,17-/m0/s1. The normalized spacial score (nSPS) is 28.3. The lowest BCUT2D eigenvalue weighted by atomic mass is 9.99. The molecule has 4 nitrogen and oxygen atoms in total. The molecule has 0 radical (unpaired) electrons. The lowest BCUT2D eigenvalue weighted by Gasteiger charge is -2.28. The van der Waals surface area contributed by atoms with Crippen LogP contribution in [0.3, 0.4) is 0 Å². The predicted octanol–water partition coefficient (Wildman–Crippen LogP) is 2.56. The van der Waals surface area contributed by atoms with Gasteiger partial charge in [0.05, 0.1) is 19.3 Å². The number of ether oxygens (including phenoxy) is 1. The monoisotopic (exact) mass is 301 g/mol. The zero-order valence-corrected chi connectivity index (χ0v) is 12.8. The highest BCUT2D eigenvalue weighted by atomic mass is 16.5. The summed E-state index contributed by atoms with van der Waals surface area (Å²) in [5.74, 6) is 0.0365. The zero-order valence-electron chi connectivity index (χ0n) is 12.8. The van der Waals surface area contributed by atoms with Crippen LogP contribution in [0.1, 0.15) is 37.7 Å². The van der Waals surface area contributed by atoms with Crippen molar-refractivity contribution < 1.29 is 14.3 Å². The molecule has 2 aliphatic heterocycles. The third-order valence-corrected chi connectivity index (χ3v) is 4.83. The number of hydrogen-bond acceptors (Lipinski definition) is 3. The Hall–Kier alpha value is -1.68. The molecule has 0 aliphatic carbocycles. The van der Waals surface area contributed by atoms with Crippen molar-refractivity contribution in [3.8, 4) is 0 Å². The maximum absolute atomic E-state index is 12.4. The SMILES string of the molecule is O=CC1CCC2CC[C@@H](COCc3ccccc3)N2C(=O)C1. The van der Waals surface area contributed by atoms with Crippen molar-refractivity contribution in [3.05, 3.63) is 35.9 Å². The summed E-state index contributed by atoms with van der Waals surface area (Å²) < 4.78 is 5.83. The van der Waals surface area contributed by atoms with Crippen molar-refractivity contribution in [1.82, 2.24) is 4.90 Å². The first-order valence-corrected chi connectivity index (χ1v) is 8.16. The molecule has 2 aliphatic rings. The van der Waals surface area contributed by atoms with Crippen LogP contribution in [-0.2, 0) is 20.9 Å². The molecule has 2 fully saturated rings. The minimum atomic E-state index is -0.0935. The molecule has 1 aromatic rings. The Kier molecular flexibility index (Phi) is 4.88. The van der Waals surface area contributed by atoms with Gasteiger partial charge in [0.1, 0.15) is 6.29 Å². The van der Waals surface area contributed by atoms with Crippen molar-refractivity contribution in [2.24, 2.45) is 5.92 Å². The predicted molar refractivity (Wildman–Crippen MR) is 83.2 cm³/mol. The number of carbonyl (C=O) groups excluding carboxylic acids is 2. The first-order chi connectivity index (χ1) is 10.8. The van der Waals surface area contributed by atoms with Crippen LogP contribution in [0.25, 0.3) is 0 Å². The molecule has 0 spiro atoms. The second-order valence-corrected chi connectivity index (χ2v) is 6.36. The van der Waals surface area contributed by atoms with E-state index in [0.29, 0.717) is 25.7 Å². The van der Waals surface area contributed by atoms with Gasteiger partial charge in [0.15, 0.2) is 0 Å². The highest BCUT2D eigenvalue weighted by molar-refractivity contribution is 5.80. The van der Waals surface area contributed by atoms with E-state index in [1.54, 1.807) is 0 Å². The van der Waals surface area contributed by atoms with E-state index in [0.717, 1.165) is 37.5 Å². The molecule has 118 valence electrons. The highest BCUT2D eigenvalue weighted by Gasteiger charge is 2.39. The van der Waals surface area contributed by atoms with Crippen LogP contribution in [0.2, 0.25) is 0 Å². The topological polar surface area (TPSA) is 46.6 Å². The van der Waals surface area contributed by atoms with E-state index in [2.05, 4.69) is 0 Å². The Morgan fingerprint density at radius 1 is 1.14 bits per heavy atom. The summed E-state index contributed by atoms with van der Waals surface area (Å²) in [5, 5.41) is 0. The maximum Gasteiger partial charge on any atom is 0.223 e. The van der Waals surface area contributed by atoms with E-state index in [9.17, 15) is 9.59 Å². The summed E-state index contributed by atoms with van der Waals surface area (Å²) in [4.78, 5) is 25.4. The lowest BCUT2D eigenvalue weighted by molar-refractivity contribution is -0.136. The van der Waals surface area contributed by atoms with Crippen molar-refractivity contribution in [3.63, 3.8) is 0 Å². The van der Waals surface area contributed by atoms with Gasteiger partial charge < -0.3 is 14.4 Å². The second kappa shape index (κ2) is 7.05. The number of amides is 1. The van der Waals surface area contributed by atoms with Crippen LogP contribution in [0.4, 0.5) is 0 Å². The number of rotatable bonds is 5. The molecule has 2 heterocycles. The van der Waals surface area contributed by atoms with Crippen LogP contribution in [-0.4, -0.2) is 35.8 Å². The molecule has 0 bridgehead atoms. The highest BCUT2D eigenvalue weighted by Crippen LogP contribution is 2.33. The van der Waals surface area contributed by atoms with Crippen LogP contribution in [0.15, 0.2) is 30.3 Å². The van der Waals surface area contributed by atoms with Gasteiger partial charge >= 0.3 is 0 Å². The number of aldehydes is 1. The number of carbonyl (C=O) groups is 2. The molecular formula is C18H23NO3.